The molecule has 2 fully saturated rings. The van der Waals surface area contributed by atoms with Gasteiger partial charge in [-0.05, 0) is 59.7 Å². The SMILES string of the molecule is COc1ccc(COC[C@H](C)CN2Cc3cc(Cl)c(OC)cc3C23CCC2(CC3)OCCO2)cc1. The van der Waals surface area contributed by atoms with Gasteiger partial charge in [0.2, 0.25) is 0 Å². The molecule has 0 bridgehead atoms. The van der Waals surface area contributed by atoms with E-state index in [0.717, 1.165) is 55.8 Å². The zero-order valence-electron chi connectivity index (χ0n) is 21.0. The maximum absolute atomic E-state index is 6.52. The van der Waals surface area contributed by atoms with Gasteiger partial charge in [-0.3, -0.25) is 4.90 Å². The van der Waals surface area contributed by atoms with E-state index in [2.05, 4.69) is 36.1 Å². The second-order valence-corrected chi connectivity index (χ2v) is 10.5. The summed E-state index contributed by atoms with van der Waals surface area (Å²) in [4.78, 5) is 2.64. The molecule has 3 aliphatic rings. The van der Waals surface area contributed by atoms with Gasteiger partial charge in [-0.1, -0.05) is 30.7 Å². The Morgan fingerprint density at radius 3 is 2.37 bits per heavy atom. The largest absolute Gasteiger partial charge is 0.497 e. The lowest BCUT2D eigenvalue weighted by atomic mass is 9.74. The molecule has 35 heavy (non-hydrogen) atoms. The fraction of sp³-hybridized carbons (Fsp3) is 0.571. The Kier molecular flexibility index (Phi) is 7.29. The lowest BCUT2D eigenvalue weighted by Crippen LogP contribution is -2.50. The second-order valence-electron chi connectivity index (χ2n) is 10.1. The van der Waals surface area contributed by atoms with Crippen LogP contribution < -0.4 is 9.47 Å². The van der Waals surface area contributed by atoms with Crippen LogP contribution in [0.15, 0.2) is 36.4 Å². The van der Waals surface area contributed by atoms with Crippen LogP contribution >= 0.6 is 11.6 Å². The van der Waals surface area contributed by atoms with Crippen LogP contribution in [0, 0.1) is 5.92 Å². The van der Waals surface area contributed by atoms with Gasteiger partial charge < -0.3 is 23.7 Å². The molecular formula is C28H36ClNO5. The molecule has 0 radical (unpaired) electrons. The summed E-state index contributed by atoms with van der Waals surface area (Å²) < 4.78 is 29.0. The molecule has 2 spiro atoms. The summed E-state index contributed by atoms with van der Waals surface area (Å²) in [6.07, 6.45) is 3.78. The highest BCUT2D eigenvalue weighted by Crippen LogP contribution is 2.54. The minimum atomic E-state index is -0.400. The van der Waals surface area contributed by atoms with Gasteiger partial charge in [0, 0.05) is 31.5 Å². The predicted octanol–water partition coefficient (Wildman–Crippen LogP) is 5.54. The van der Waals surface area contributed by atoms with Crippen LogP contribution in [0.4, 0.5) is 0 Å². The van der Waals surface area contributed by atoms with E-state index in [9.17, 15) is 0 Å². The summed E-state index contributed by atoms with van der Waals surface area (Å²) in [5.41, 5.74) is 3.74. The summed E-state index contributed by atoms with van der Waals surface area (Å²) in [6.45, 7) is 6.80. The summed E-state index contributed by atoms with van der Waals surface area (Å²) in [7, 11) is 3.37. The number of fused-ring (bicyclic) bond motifs is 2. The first-order valence-corrected chi connectivity index (χ1v) is 13.0. The Bertz CT molecular complexity index is 1010. The van der Waals surface area contributed by atoms with Crippen LogP contribution in [0.2, 0.25) is 5.02 Å². The van der Waals surface area contributed by atoms with Gasteiger partial charge in [0.15, 0.2) is 5.79 Å². The predicted molar refractivity (Wildman–Crippen MR) is 135 cm³/mol. The van der Waals surface area contributed by atoms with Crippen molar-refractivity contribution in [3.63, 3.8) is 0 Å². The van der Waals surface area contributed by atoms with Gasteiger partial charge in [-0.15, -0.1) is 0 Å². The van der Waals surface area contributed by atoms with Crippen molar-refractivity contribution in [1.82, 2.24) is 4.90 Å². The zero-order chi connectivity index (χ0) is 24.5. The van der Waals surface area contributed by atoms with E-state index < -0.39 is 5.79 Å². The normalized spacial score (nSPS) is 21.4. The van der Waals surface area contributed by atoms with E-state index in [-0.39, 0.29) is 5.54 Å². The van der Waals surface area contributed by atoms with Crippen molar-refractivity contribution in [3.05, 3.63) is 58.1 Å². The molecule has 5 rings (SSSR count). The number of nitrogens with zero attached hydrogens (tertiary/aromatic N) is 1. The fourth-order valence-electron chi connectivity index (χ4n) is 6.03. The van der Waals surface area contributed by atoms with Crippen LogP contribution in [0.1, 0.15) is 49.3 Å². The molecule has 0 N–H and O–H groups in total. The van der Waals surface area contributed by atoms with E-state index in [1.807, 2.05) is 12.1 Å². The fourth-order valence-corrected chi connectivity index (χ4v) is 6.29. The summed E-state index contributed by atoms with van der Waals surface area (Å²) >= 11 is 6.52. The Balaban J connectivity index is 1.28. The van der Waals surface area contributed by atoms with Gasteiger partial charge in [0.25, 0.3) is 0 Å². The van der Waals surface area contributed by atoms with Crippen LogP contribution in [-0.2, 0) is 32.9 Å². The molecule has 2 aromatic rings. The van der Waals surface area contributed by atoms with E-state index in [0.29, 0.717) is 37.4 Å². The van der Waals surface area contributed by atoms with Gasteiger partial charge in [0.1, 0.15) is 11.5 Å². The summed E-state index contributed by atoms with van der Waals surface area (Å²) in [5, 5.41) is 0.675. The number of methoxy groups -OCH3 is 2. The Hall–Kier alpha value is -1.83. The molecule has 0 unspecified atom stereocenters. The first-order chi connectivity index (χ1) is 17.0. The molecule has 7 heteroatoms. The molecule has 2 aromatic carbocycles. The Morgan fingerprint density at radius 1 is 1.00 bits per heavy atom. The molecule has 0 amide bonds. The Labute approximate surface area is 213 Å². The average molecular weight is 502 g/mol. The van der Waals surface area contributed by atoms with E-state index in [4.69, 9.17) is 35.3 Å². The van der Waals surface area contributed by atoms with Crippen LogP contribution in [0.5, 0.6) is 11.5 Å². The van der Waals surface area contributed by atoms with Crippen LogP contribution in [0.25, 0.3) is 0 Å². The quantitative estimate of drug-likeness (QED) is 0.473. The number of benzene rings is 2. The third-order valence-corrected chi connectivity index (χ3v) is 8.16. The highest BCUT2D eigenvalue weighted by Gasteiger charge is 2.53. The lowest BCUT2D eigenvalue weighted by molar-refractivity contribution is -0.195. The molecule has 2 heterocycles. The number of rotatable bonds is 8. The summed E-state index contributed by atoms with van der Waals surface area (Å²) in [5.74, 6) is 1.59. The van der Waals surface area contributed by atoms with Crippen LogP contribution in [-0.4, -0.2) is 51.3 Å². The van der Waals surface area contributed by atoms with E-state index >= 15 is 0 Å². The third kappa shape index (κ3) is 4.92. The topological polar surface area (TPSA) is 49.4 Å². The highest BCUT2D eigenvalue weighted by molar-refractivity contribution is 6.32. The molecular weight excluding hydrogens is 466 g/mol. The van der Waals surface area contributed by atoms with Crippen molar-refractivity contribution < 1.29 is 23.7 Å². The molecule has 0 aromatic heterocycles. The smallest absolute Gasteiger partial charge is 0.168 e. The van der Waals surface area contributed by atoms with Crippen molar-refractivity contribution in [1.29, 1.82) is 0 Å². The second kappa shape index (κ2) is 10.3. The van der Waals surface area contributed by atoms with Crippen molar-refractivity contribution in [2.75, 3.05) is 40.6 Å². The Morgan fingerprint density at radius 2 is 1.71 bits per heavy atom. The molecule has 1 atom stereocenters. The first-order valence-electron chi connectivity index (χ1n) is 12.6. The van der Waals surface area contributed by atoms with E-state index in [1.54, 1.807) is 14.2 Å². The number of hydrogen-bond acceptors (Lipinski definition) is 6. The molecule has 6 nitrogen and oxygen atoms in total. The molecule has 1 saturated carbocycles. The van der Waals surface area contributed by atoms with Gasteiger partial charge in [0.05, 0.1) is 45.7 Å². The minimum absolute atomic E-state index is 0.0575. The van der Waals surface area contributed by atoms with Crippen molar-refractivity contribution in [2.24, 2.45) is 5.92 Å². The minimum Gasteiger partial charge on any atom is -0.497 e. The van der Waals surface area contributed by atoms with Crippen LogP contribution in [0.3, 0.4) is 0 Å². The third-order valence-electron chi connectivity index (χ3n) is 7.86. The number of ether oxygens (including phenoxy) is 5. The van der Waals surface area contributed by atoms with Gasteiger partial charge in [-0.25, -0.2) is 0 Å². The summed E-state index contributed by atoms with van der Waals surface area (Å²) in [6, 6.07) is 12.3. The van der Waals surface area contributed by atoms with Crippen molar-refractivity contribution in [2.45, 2.75) is 57.1 Å². The zero-order valence-corrected chi connectivity index (χ0v) is 21.7. The monoisotopic (exact) mass is 501 g/mol. The van der Waals surface area contributed by atoms with Gasteiger partial charge in [-0.2, -0.15) is 0 Å². The molecule has 1 aliphatic carbocycles. The lowest BCUT2D eigenvalue weighted by Gasteiger charge is -2.47. The van der Waals surface area contributed by atoms with Gasteiger partial charge >= 0.3 is 0 Å². The van der Waals surface area contributed by atoms with Crippen molar-refractivity contribution in [3.8, 4) is 11.5 Å². The highest BCUT2D eigenvalue weighted by atomic mass is 35.5. The first kappa shape index (κ1) is 24.8. The van der Waals surface area contributed by atoms with E-state index in [1.165, 1.54) is 11.1 Å². The molecule has 190 valence electrons. The molecule has 2 aliphatic heterocycles. The maximum Gasteiger partial charge on any atom is 0.168 e. The number of halogens is 1. The maximum atomic E-state index is 6.52. The number of hydrogen-bond donors (Lipinski definition) is 0. The van der Waals surface area contributed by atoms with Crippen molar-refractivity contribution >= 4 is 11.6 Å². The standard InChI is InChI=1S/C28H36ClNO5/c1-20(18-33-19-21-4-6-23(31-2)7-5-21)16-30-17-22-14-25(29)26(32-3)15-24(22)27(30)8-10-28(11-9-27)34-12-13-35-28/h4-7,14-15,20H,8-13,16-19H2,1-3H3/t20-/m1/s1. The average Bonchev–Trinajstić information content (AvgIpc) is 3.43. The molecule has 1 saturated heterocycles.